The van der Waals surface area contributed by atoms with Gasteiger partial charge in [0, 0.05) is 25.1 Å². The topological polar surface area (TPSA) is 117 Å². The highest BCUT2D eigenvalue weighted by Gasteiger charge is 2.22. The Morgan fingerprint density at radius 2 is 1.78 bits per heavy atom. The minimum absolute atomic E-state index is 0.0628. The van der Waals surface area contributed by atoms with Gasteiger partial charge in [-0.3, -0.25) is 14.4 Å². The summed E-state index contributed by atoms with van der Waals surface area (Å²) in [5.74, 6) is 0.275. The summed E-state index contributed by atoms with van der Waals surface area (Å²) in [6, 6.07) is 7.02. The molecule has 0 aliphatic heterocycles. The smallest absolute Gasteiger partial charge is 0.303 e. The fourth-order valence-corrected chi connectivity index (χ4v) is 3.67. The highest BCUT2D eigenvalue weighted by Crippen LogP contribution is 2.28. The van der Waals surface area contributed by atoms with Crippen molar-refractivity contribution in [3.63, 3.8) is 0 Å². The molecule has 1 saturated carbocycles. The zero-order valence-electron chi connectivity index (χ0n) is 19.2. The number of hydrogen-bond donors (Lipinski definition) is 4. The third-order valence-electron chi connectivity index (χ3n) is 5.48. The van der Waals surface area contributed by atoms with Gasteiger partial charge in [-0.2, -0.15) is 0 Å². The third-order valence-corrected chi connectivity index (χ3v) is 5.48. The molecule has 0 heterocycles. The maximum absolute atomic E-state index is 12.7. The maximum Gasteiger partial charge on any atom is 0.303 e. The van der Waals surface area contributed by atoms with E-state index in [1.165, 1.54) is 25.7 Å². The largest absolute Gasteiger partial charge is 0.494 e. The molecule has 1 unspecified atom stereocenters. The summed E-state index contributed by atoms with van der Waals surface area (Å²) >= 11 is 0. The number of amides is 2. The van der Waals surface area contributed by atoms with Crippen LogP contribution in [0.1, 0.15) is 65.2 Å². The molecule has 1 atom stereocenters. The monoisotopic (exact) mass is 447 g/mol. The van der Waals surface area contributed by atoms with E-state index < -0.39 is 12.1 Å². The molecule has 1 fully saturated rings. The van der Waals surface area contributed by atoms with E-state index in [4.69, 9.17) is 9.84 Å². The van der Waals surface area contributed by atoms with Crippen molar-refractivity contribution >= 4 is 23.5 Å². The Labute approximate surface area is 190 Å². The van der Waals surface area contributed by atoms with E-state index >= 15 is 0 Å². The van der Waals surface area contributed by atoms with E-state index in [2.05, 4.69) is 16.0 Å². The number of hydrogen-bond acceptors (Lipinski definition) is 5. The zero-order chi connectivity index (χ0) is 23.3. The van der Waals surface area contributed by atoms with Gasteiger partial charge in [0.1, 0.15) is 5.75 Å². The normalized spacial score (nSPS) is 14.7. The SMILES string of the molecule is CC(C)CNC(=O)C(NC(=O)CCC1CCCC1)Nc1ccc(OCCCC(=O)O)cc1. The molecule has 1 aliphatic carbocycles. The van der Waals surface area contributed by atoms with Gasteiger partial charge in [-0.05, 0) is 48.9 Å². The highest BCUT2D eigenvalue weighted by atomic mass is 16.5. The van der Waals surface area contributed by atoms with Crippen LogP contribution >= 0.6 is 0 Å². The summed E-state index contributed by atoms with van der Waals surface area (Å²) in [5.41, 5.74) is 0.670. The molecule has 178 valence electrons. The van der Waals surface area contributed by atoms with E-state index in [-0.39, 0.29) is 18.2 Å². The number of aliphatic carboxylic acids is 1. The molecule has 8 nitrogen and oxygen atoms in total. The number of anilines is 1. The molecule has 1 aliphatic rings. The second kappa shape index (κ2) is 13.6. The third kappa shape index (κ3) is 10.0. The van der Waals surface area contributed by atoms with Gasteiger partial charge in [-0.15, -0.1) is 0 Å². The van der Waals surface area contributed by atoms with Crippen LogP contribution in [0.25, 0.3) is 0 Å². The lowest BCUT2D eigenvalue weighted by atomic mass is 10.0. The summed E-state index contributed by atoms with van der Waals surface area (Å²) in [6.07, 6.45) is 5.77. The lowest BCUT2D eigenvalue weighted by Gasteiger charge is -2.22. The Balaban J connectivity index is 1.90. The maximum atomic E-state index is 12.7. The van der Waals surface area contributed by atoms with Crippen molar-refractivity contribution in [3.05, 3.63) is 24.3 Å². The van der Waals surface area contributed by atoms with Crippen LogP contribution in [0.2, 0.25) is 0 Å². The molecule has 2 rings (SSSR count). The number of carboxylic acids is 1. The van der Waals surface area contributed by atoms with Crippen molar-refractivity contribution in [2.24, 2.45) is 11.8 Å². The molecule has 1 aromatic rings. The molecule has 0 aromatic heterocycles. The van der Waals surface area contributed by atoms with Crippen LogP contribution in [0.3, 0.4) is 0 Å². The molecule has 32 heavy (non-hydrogen) atoms. The summed E-state index contributed by atoms with van der Waals surface area (Å²) in [4.78, 5) is 35.7. The minimum atomic E-state index is -0.868. The van der Waals surface area contributed by atoms with Crippen molar-refractivity contribution < 1.29 is 24.2 Å². The van der Waals surface area contributed by atoms with E-state index in [0.717, 1.165) is 6.42 Å². The average molecular weight is 448 g/mol. The van der Waals surface area contributed by atoms with Gasteiger partial charge in [0.05, 0.1) is 6.61 Å². The Kier molecular flexibility index (Phi) is 10.8. The standard InChI is InChI=1S/C24H37N3O5/c1-17(2)16-25-24(31)23(27-21(28)14-9-18-6-3-4-7-18)26-19-10-12-20(13-11-19)32-15-5-8-22(29)30/h10-13,17-18,23,26H,3-9,14-16H2,1-2H3,(H,25,31)(H,27,28)(H,29,30). The van der Waals surface area contributed by atoms with Gasteiger partial charge in [0.25, 0.3) is 5.91 Å². The van der Waals surface area contributed by atoms with Crippen LogP contribution in [0.15, 0.2) is 24.3 Å². The van der Waals surface area contributed by atoms with Crippen molar-refractivity contribution in [1.82, 2.24) is 10.6 Å². The van der Waals surface area contributed by atoms with Gasteiger partial charge in [0.15, 0.2) is 6.17 Å². The summed E-state index contributed by atoms with van der Waals surface area (Å²) in [6.45, 7) is 4.87. The molecule has 1 aromatic carbocycles. The molecule has 0 bridgehead atoms. The molecule has 8 heteroatoms. The van der Waals surface area contributed by atoms with E-state index in [1.807, 2.05) is 13.8 Å². The minimum Gasteiger partial charge on any atom is -0.494 e. The fourth-order valence-electron chi connectivity index (χ4n) is 3.67. The first-order valence-corrected chi connectivity index (χ1v) is 11.6. The first-order valence-electron chi connectivity index (χ1n) is 11.6. The van der Waals surface area contributed by atoms with E-state index in [9.17, 15) is 14.4 Å². The van der Waals surface area contributed by atoms with Crippen molar-refractivity contribution in [2.45, 2.75) is 71.4 Å². The number of benzene rings is 1. The fraction of sp³-hybridized carbons (Fsp3) is 0.625. The first-order chi connectivity index (χ1) is 15.3. The number of carboxylic acid groups (broad SMARTS) is 1. The highest BCUT2D eigenvalue weighted by molar-refractivity contribution is 5.89. The molecular formula is C24H37N3O5. The van der Waals surface area contributed by atoms with Gasteiger partial charge < -0.3 is 25.8 Å². The predicted octanol–water partition coefficient (Wildman–Crippen LogP) is 3.53. The van der Waals surface area contributed by atoms with Crippen molar-refractivity contribution in [3.8, 4) is 5.75 Å². The Morgan fingerprint density at radius 3 is 2.41 bits per heavy atom. The van der Waals surface area contributed by atoms with Gasteiger partial charge >= 0.3 is 5.97 Å². The van der Waals surface area contributed by atoms with Crippen molar-refractivity contribution in [2.75, 3.05) is 18.5 Å². The molecule has 0 radical (unpaired) electrons. The average Bonchev–Trinajstić information content (AvgIpc) is 3.28. The Hall–Kier alpha value is -2.77. The number of rotatable bonds is 14. The van der Waals surface area contributed by atoms with Crippen LogP contribution < -0.4 is 20.7 Å². The molecule has 2 amide bonds. The Morgan fingerprint density at radius 1 is 1.09 bits per heavy atom. The number of carbonyl (C=O) groups excluding carboxylic acids is 2. The molecular weight excluding hydrogens is 410 g/mol. The lowest BCUT2D eigenvalue weighted by molar-refractivity contribution is -0.137. The van der Waals surface area contributed by atoms with Crippen LogP contribution in [-0.2, 0) is 14.4 Å². The van der Waals surface area contributed by atoms with Gasteiger partial charge in [0.2, 0.25) is 5.91 Å². The second-order valence-electron chi connectivity index (χ2n) is 8.84. The van der Waals surface area contributed by atoms with Crippen LogP contribution in [0, 0.1) is 11.8 Å². The lowest BCUT2D eigenvalue weighted by Crippen LogP contribution is -2.51. The van der Waals surface area contributed by atoms with E-state index in [1.54, 1.807) is 24.3 Å². The van der Waals surface area contributed by atoms with Crippen LogP contribution in [-0.4, -0.2) is 42.2 Å². The summed E-state index contributed by atoms with van der Waals surface area (Å²) in [5, 5.41) is 17.5. The number of carbonyl (C=O) groups is 3. The van der Waals surface area contributed by atoms with Gasteiger partial charge in [-0.25, -0.2) is 0 Å². The van der Waals surface area contributed by atoms with Crippen LogP contribution in [0.4, 0.5) is 5.69 Å². The van der Waals surface area contributed by atoms with E-state index in [0.29, 0.717) is 49.3 Å². The second-order valence-corrected chi connectivity index (χ2v) is 8.84. The number of nitrogens with one attached hydrogen (secondary N) is 3. The van der Waals surface area contributed by atoms with Crippen molar-refractivity contribution in [1.29, 1.82) is 0 Å². The molecule has 4 N–H and O–H groups in total. The molecule has 0 saturated heterocycles. The number of ether oxygens (including phenoxy) is 1. The zero-order valence-corrected chi connectivity index (χ0v) is 19.2. The molecule has 0 spiro atoms. The van der Waals surface area contributed by atoms with Crippen LogP contribution in [0.5, 0.6) is 5.75 Å². The summed E-state index contributed by atoms with van der Waals surface area (Å²) < 4.78 is 5.53. The Bertz CT molecular complexity index is 730. The summed E-state index contributed by atoms with van der Waals surface area (Å²) in [7, 11) is 0. The van der Waals surface area contributed by atoms with Gasteiger partial charge in [-0.1, -0.05) is 39.5 Å². The quantitative estimate of drug-likeness (QED) is 0.256. The first kappa shape index (κ1) is 25.5. The predicted molar refractivity (Wildman–Crippen MR) is 123 cm³/mol.